The van der Waals surface area contributed by atoms with Crippen molar-refractivity contribution in [3.8, 4) is 5.75 Å². The van der Waals surface area contributed by atoms with Crippen molar-refractivity contribution in [2.45, 2.75) is 39.7 Å². The number of anilines is 1. The number of carbonyl (C=O) groups excluding carboxylic acids is 1. The van der Waals surface area contributed by atoms with Gasteiger partial charge in [0.05, 0.1) is 13.7 Å². The Morgan fingerprint density at radius 3 is 2.89 bits per heavy atom. The van der Waals surface area contributed by atoms with Gasteiger partial charge in [0.2, 0.25) is 5.91 Å². The van der Waals surface area contributed by atoms with E-state index in [9.17, 15) is 4.79 Å². The molecule has 2 rings (SSSR count). The van der Waals surface area contributed by atoms with E-state index < -0.39 is 0 Å². The van der Waals surface area contributed by atoms with Crippen molar-refractivity contribution in [3.05, 3.63) is 24.3 Å². The van der Waals surface area contributed by atoms with Gasteiger partial charge < -0.3 is 25.6 Å². The summed E-state index contributed by atoms with van der Waals surface area (Å²) in [5, 5.41) is 9.75. The summed E-state index contributed by atoms with van der Waals surface area (Å²) in [5.41, 5.74) is 1.18. The fourth-order valence-corrected chi connectivity index (χ4v) is 3.20. The summed E-state index contributed by atoms with van der Waals surface area (Å²) in [5.74, 6) is 1.75. The molecule has 0 saturated carbocycles. The summed E-state index contributed by atoms with van der Waals surface area (Å²) in [6.45, 7) is 9.71. The molecule has 1 amide bonds. The molecule has 1 atom stereocenters. The Kier molecular flexibility index (Phi) is 8.91. The van der Waals surface area contributed by atoms with Crippen LogP contribution in [-0.4, -0.2) is 57.7 Å². The van der Waals surface area contributed by atoms with Crippen LogP contribution in [0.15, 0.2) is 29.3 Å². The Labute approximate surface area is 168 Å². The highest BCUT2D eigenvalue weighted by molar-refractivity contribution is 5.80. The van der Waals surface area contributed by atoms with Crippen LogP contribution in [0.1, 0.15) is 33.6 Å². The molecule has 1 aromatic rings. The number of hydrogen-bond donors (Lipinski definition) is 3. The third-order valence-corrected chi connectivity index (χ3v) is 4.73. The number of benzene rings is 1. The lowest BCUT2D eigenvalue weighted by atomic mass is 10.0. The van der Waals surface area contributed by atoms with Gasteiger partial charge in [-0.15, -0.1) is 0 Å². The summed E-state index contributed by atoms with van der Waals surface area (Å²) >= 11 is 0. The zero-order valence-electron chi connectivity index (χ0n) is 17.6. The highest BCUT2D eigenvalue weighted by atomic mass is 16.5. The summed E-state index contributed by atoms with van der Waals surface area (Å²) in [6.07, 6.45) is 2.23. The summed E-state index contributed by atoms with van der Waals surface area (Å²) in [7, 11) is 1.70. The Morgan fingerprint density at radius 2 is 2.18 bits per heavy atom. The maximum absolute atomic E-state index is 11.6. The normalized spacial score (nSPS) is 17.4. The maximum atomic E-state index is 11.6. The van der Waals surface area contributed by atoms with Gasteiger partial charge in [0.25, 0.3) is 0 Å². The Hall–Kier alpha value is -2.44. The van der Waals surface area contributed by atoms with Gasteiger partial charge >= 0.3 is 0 Å². The third kappa shape index (κ3) is 6.94. The smallest absolute Gasteiger partial charge is 0.222 e. The number of amides is 1. The zero-order chi connectivity index (χ0) is 20.4. The van der Waals surface area contributed by atoms with Crippen LogP contribution in [0.3, 0.4) is 0 Å². The maximum Gasteiger partial charge on any atom is 0.222 e. The van der Waals surface area contributed by atoms with Gasteiger partial charge in [0, 0.05) is 49.9 Å². The molecule has 1 fully saturated rings. The quantitative estimate of drug-likeness (QED) is 0.360. The predicted molar refractivity (Wildman–Crippen MR) is 115 cm³/mol. The van der Waals surface area contributed by atoms with Crippen LogP contribution < -0.4 is 25.6 Å². The van der Waals surface area contributed by atoms with Crippen molar-refractivity contribution in [2.75, 3.05) is 44.7 Å². The lowest BCUT2D eigenvalue weighted by Crippen LogP contribution is -2.51. The lowest BCUT2D eigenvalue weighted by Gasteiger charge is -2.35. The topological polar surface area (TPSA) is 78.0 Å². The molecule has 3 N–H and O–H groups in total. The molecule has 0 spiro atoms. The first kappa shape index (κ1) is 21.9. The second-order valence-corrected chi connectivity index (χ2v) is 7.34. The molecule has 1 unspecified atom stereocenters. The first-order valence-corrected chi connectivity index (χ1v) is 10.2. The number of aliphatic imine (C=N–C) groups is 1. The van der Waals surface area contributed by atoms with Crippen LogP contribution in [0.2, 0.25) is 0 Å². The second-order valence-electron chi connectivity index (χ2n) is 7.34. The van der Waals surface area contributed by atoms with Gasteiger partial charge in [-0.05, 0) is 31.9 Å². The Morgan fingerprint density at radius 1 is 1.36 bits per heavy atom. The van der Waals surface area contributed by atoms with E-state index >= 15 is 0 Å². The summed E-state index contributed by atoms with van der Waals surface area (Å²) < 4.78 is 5.35. The van der Waals surface area contributed by atoms with Gasteiger partial charge in [-0.3, -0.25) is 9.79 Å². The lowest BCUT2D eigenvalue weighted by molar-refractivity contribution is -0.123. The molecule has 0 aromatic heterocycles. The average Bonchev–Trinajstić information content (AvgIpc) is 2.71. The second kappa shape index (κ2) is 11.4. The van der Waals surface area contributed by atoms with Crippen molar-refractivity contribution in [1.29, 1.82) is 0 Å². The first-order valence-electron chi connectivity index (χ1n) is 10.2. The third-order valence-electron chi connectivity index (χ3n) is 4.73. The van der Waals surface area contributed by atoms with Gasteiger partial charge in [-0.25, -0.2) is 0 Å². The van der Waals surface area contributed by atoms with Gasteiger partial charge in [0.15, 0.2) is 5.96 Å². The van der Waals surface area contributed by atoms with Crippen molar-refractivity contribution in [3.63, 3.8) is 0 Å². The van der Waals surface area contributed by atoms with Crippen LogP contribution in [-0.2, 0) is 4.79 Å². The monoisotopic (exact) mass is 389 g/mol. The molecule has 1 saturated heterocycles. The standard InChI is InChI=1S/C21H35N5O2/c1-5-22-21(24-12-11-23-20(27)16(2)3)25-17-8-7-13-26(15-17)18-9-6-10-19(14-18)28-4/h6,9-10,14,16-17H,5,7-8,11-13,15H2,1-4H3,(H,23,27)(H2,22,24,25). The van der Waals surface area contributed by atoms with Crippen molar-refractivity contribution >= 4 is 17.6 Å². The fourth-order valence-electron chi connectivity index (χ4n) is 3.20. The zero-order valence-corrected chi connectivity index (χ0v) is 17.6. The van der Waals surface area contributed by atoms with E-state index in [-0.39, 0.29) is 11.8 Å². The van der Waals surface area contributed by atoms with E-state index in [0.717, 1.165) is 44.2 Å². The van der Waals surface area contributed by atoms with E-state index in [1.54, 1.807) is 7.11 Å². The van der Waals surface area contributed by atoms with E-state index in [4.69, 9.17) is 4.74 Å². The first-order chi connectivity index (χ1) is 13.5. The van der Waals surface area contributed by atoms with Crippen LogP contribution in [0.5, 0.6) is 5.75 Å². The van der Waals surface area contributed by atoms with Crippen LogP contribution in [0, 0.1) is 5.92 Å². The molecule has 7 nitrogen and oxygen atoms in total. The number of nitrogens with zero attached hydrogens (tertiary/aromatic N) is 2. The molecule has 1 aromatic carbocycles. The molecular weight excluding hydrogens is 354 g/mol. The molecule has 1 heterocycles. The number of methoxy groups -OCH3 is 1. The molecule has 0 aliphatic carbocycles. The summed E-state index contributed by atoms with van der Waals surface area (Å²) in [4.78, 5) is 18.6. The van der Waals surface area contributed by atoms with Crippen molar-refractivity contribution in [2.24, 2.45) is 10.9 Å². The van der Waals surface area contributed by atoms with Gasteiger partial charge in [-0.2, -0.15) is 0 Å². The van der Waals surface area contributed by atoms with Crippen LogP contribution in [0.25, 0.3) is 0 Å². The number of piperidine rings is 1. The number of ether oxygens (including phenoxy) is 1. The molecule has 0 radical (unpaired) electrons. The number of hydrogen-bond acceptors (Lipinski definition) is 4. The molecule has 1 aliphatic rings. The molecule has 156 valence electrons. The molecule has 0 bridgehead atoms. The molecule has 1 aliphatic heterocycles. The number of carbonyl (C=O) groups is 1. The molecule has 7 heteroatoms. The average molecular weight is 390 g/mol. The number of guanidine groups is 1. The Bertz CT molecular complexity index is 647. The summed E-state index contributed by atoms with van der Waals surface area (Å²) in [6, 6.07) is 8.53. The highest BCUT2D eigenvalue weighted by Crippen LogP contribution is 2.24. The molecule has 28 heavy (non-hydrogen) atoms. The van der Waals surface area contributed by atoms with Crippen molar-refractivity contribution < 1.29 is 9.53 Å². The van der Waals surface area contributed by atoms with Crippen molar-refractivity contribution in [1.82, 2.24) is 16.0 Å². The van der Waals surface area contributed by atoms with E-state index in [2.05, 4.69) is 44.9 Å². The van der Waals surface area contributed by atoms with Crippen LogP contribution >= 0.6 is 0 Å². The number of nitrogens with one attached hydrogen (secondary N) is 3. The largest absolute Gasteiger partial charge is 0.497 e. The van der Waals surface area contributed by atoms with E-state index in [1.165, 1.54) is 5.69 Å². The van der Waals surface area contributed by atoms with Crippen LogP contribution in [0.4, 0.5) is 5.69 Å². The predicted octanol–water partition coefficient (Wildman–Crippen LogP) is 1.99. The number of rotatable bonds is 8. The highest BCUT2D eigenvalue weighted by Gasteiger charge is 2.21. The molecular formula is C21H35N5O2. The SMILES string of the molecule is CCNC(=NCCNC(=O)C(C)C)NC1CCCN(c2cccc(OC)c2)C1. The minimum Gasteiger partial charge on any atom is -0.497 e. The fraction of sp³-hybridized carbons (Fsp3) is 0.619. The van der Waals surface area contributed by atoms with E-state index in [0.29, 0.717) is 19.1 Å². The minimum absolute atomic E-state index is 0.000161. The van der Waals surface area contributed by atoms with Gasteiger partial charge in [-0.1, -0.05) is 19.9 Å². The Balaban J connectivity index is 1.90. The van der Waals surface area contributed by atoms with Gasteiger partial charge in [0.1, 0.15) is 5.75 Å². The van der Waals surface area contributed by atoms with E-state index in [1.807, 2.05) is 26.0 Å². The minimum atomic E-state index is 0.000161.